The highest BCUT2D eigenvalue weighted by molar-refractivity contribution is 5.80. The lowest BCUT2D eigenvalue weighted by molar-refractivity contribution is 0.413. The van der Waals surface area contributed by atoms with Gasteiger partial charge in [-0.15, -0.1) is 0 Å². The van der Waals surface area contributed by atoms with Crippen molar-refractivity contribution in [1.29, 1.82) is 0 Å². The van der Waals surface area contributed by atoms with Crippen molar-refractivity contribution in [3.05, 3.63) is 72.3 Å². The van der Waals surface area contributed by atoms with Crippen LogP contribution in [0.15, 0.2) is 55.1 Å². The minimum atomic E-state index is 0.838. The first kappa shape index (κ1) is 10.5. The molecule has 2 rings (SSSR count). The minimum absolute atomic E-state index is 0.838. The Kier molecular flexibility index (Phi) is 3.06. The molecular weight excluding hydrogens is 196 g/mol. The van der Waals surface area contributed by atoms with Crippen LogP contribution in [-0.2, 0) is 0 Å². The Morgan fingerprint density at radius 1 is 1.12 bits per heavy atom. The third-order valence-electron chi connectivity index (χ3n) is 2.47. The van der Waals surface area contributed by atoms with E-state index in [4.69, 9.17) is 4.74 Å². The maximum absolute atomic E-state index is 5.31. The fourth-order valence-corrected chi connectivity index (χ4v) is 1.62. The molecule has 0 unspecified atom stereocenters. The zero-order valence-corrected chi connectivity index (χ0v) is 9.23. The number of hydrogen-bond donors (Lipinski definition) is 0. The Hall–Kier alpha value is -2.02. The van der Waals surface area contributed by atoms with E-state index in [1.807, 2.05) is 48.5 Å². The second-order valence-corrected chi connectivity index (χ2v) is 3.46. The quantitative estimate of drug-likeness (QED) is 0.751. The Morgan fingerprint density at radius 2 is 1.88 bits per heavy atom. The lowest BCUT2D eigenvalue weighted by Gasteiger charge is -2.10. The first-order valence-corrected chi connectivity index (χ1v) is 5.12. The van der Waals surface area contributed by atoms with Crippen LogP contribution in [0.4, 0.5) is 0 Å². The number of methoxy groups -OCH3 is 1. The topological polar surface area (TPSA) is 9.23 Å². The summed E-state index contributed by atoms with van der Waals surface area (Å²) in [6.45, 7) is 4.09. The molecule has 1 radical (unpaired) electrons. The van der Waals surface area contributed by atoms with E-state index in [0.29, 0.717) is 0 Å². The van der Waals surface area contributed by atoms with Gasteiger partial charge in [-0.3, -0.25) is 0 Å². The molecule has 0 fully saturated rings. The molecule has 2 aromatic carbocycles. The molecule has 0 aromatic heterocycles. The van der Waals surface area contributed by atoms with Gasteiger partial charge >= 0.3 is 0 Å². The molecule has 2 aromatic rings. The van der Waals surface area contributed by atoms with E-state index < -0.39 is 0 Å². The average molecular weight is 209 g/mol. The van der Waals surface area contributed by atoms with Gasteiger partial charge < -0.3 is 4.74 Å². The summed E-state index contributed by atoms with van der Waals surface area (Å²) in [6, 6.07) is 18.8. The Balaban J connectivity index is 2.42. The number of rotatable bonds is 3. The summed E-state index contributed by atoms with van der Waals surface area (Å²) in [7, 11) is 1.67. The molecule has 0 heterocycles. The lowest BCUT2D eigenvalue weighted by Crippen LogP contribution is -1.91. The van der Waals surface area contributed by atoms with Crippen LogP contribution in [0.3, 0.4) is 0 Å². The lowest BCUT2D eigenvalue weighted by atomic mass is 9.99. The molecule has 1 heteroatoms. The van der Waals surface area contributed by atoms with Crippen molar-refractivity contribution in [1.82, 2.24) is 0 Å². The predicted octanol–water partition coefficient (Wildman–Crippen LogP) is 3.56. The molecule has 0 spiro atoms. The van der Waals surface area contributed by atoms with Gasteiger partial charge in [0.1, 0.15) is 5.75 Å². The van der Waals surface area contributed by atoms with E-state index in [-0.39, 0.29) is 0 Å². The predicted molar refractivity (Wildman–Crippen MR) is 66.4 cm³/mol. The SMILES string of the molecule is C=C(c1[c]cccc1)c1ccccc1OC. The van der Waals surface area contributed by atoms with E-state index >= 15 is 0 Å². The fourth-order valence-electron chi connectivity index (χ4n) is 1.62. The van der Waals surface area contributed by atoms with Crippen molar-refractivity contribution in [3.63, 3.8) is 0 Å². The third kappa shape index (κ3) is 1.98. The average Bonchev–Trinajstić information content (AvgIpc) is 2.39. The zero-order valence-electron chi connectivity index (χ0n) is 9.23. The Morgan fingerprint density at radius 3 is 2.56 bits per heavy atom. The number of ether oxygens (including phenoxy) is 1. The van der Waals surface area contributed by atoms with Gasteiger partial charge in [-0.1, -0.05) is 49.0 Å². The van der Waals surface area contributed by atoms with Crippen LogP contribution < -0.4 is 4.74 Å². The summed E-state index contributed by atoms with van der Waals surface area (Å²) >= 11 is 0. The van der Waals surface area contributed by atoms with Crippen molar-refractivity contribution in [2.75, 3.05) is 7.11 Å². The van der Waals surface area contributed by atoms with E-state index in [0.717, 1.165) is 22.4 Å². The summed E-state index contributed by atoms with van der Waals surface area (Å²) < 4.78 is 5.31. The summed E-state index contributed by atoms with van der Waals surface area (Å²) in [5.74, 6) is 0.838. The molecular formula is C15H13O. The first-order valence-electron chi connectivity index (χ1n) is 5.12. The van der Waals surface area contributed by atoms with Gasteiger partial charge in [0.25, 0.3) is 0 Å². The van der Waals surface area contributed by atoms with Crippen LogP contribution in [0.25, 0.3) is 5.57 Å². The molecule has 0 amide bonds. The molecule has 0 saturated carbocycles. The van der Waals surface area contributed by atoms with E-state index in [2.05, 4.69) is 12.6 Å². The summed E-state index contributed by atoms with van der Waals surface area (Å²) in [4.78, 5) is 0. The van der Waals surface area contributed by atoms with E-state index in [9.17, 15) is 0 Å². The highest BCUT2D eigenvalue weighted by Crippen LogP contribution is 2.28. The van der Waals surface area contributed by atoms with Crippen LogP contribution in [0.2, 0.25) is 0 Å². The van der Waals surface area contributed by atoms with Gasteiger partial charge in [0.05, 0.1) is 7.11 Å². The number of para-hydroxylation sites is 1. The third-order valence-corrected chi connectivity index (χ3v) is 2.47. The molecule has 0 aliphatic rings. The van der Waals surface area contributed by atoms with Gasteiger partial charge in [-0.05, 0) is 23.3 Å². The maximum atomic E-state index is 5.31. The molecule has 0 saturated heterocycles. The maximum Gasteiger partial charge on any atom is 0.126 e. The van der Waals surface area contributed by atoms with Crippen LogP contribution in [0.5, 0.6) is 5.75 Å². The van der Waals surface area contributed by atoms with Gasteiger partial charge in [0.15, 0.2) is 0 Å². The van der Waals surface area contributed by atoms with E-state index in [1.165, 1.54) is 0 Å². The van der Waals surface area contributed by atoms with Gasteiger partial charge in [-0.25, -0.2) is 0 Å². The van der Waals surface area contributed by atoms with Crippen molar-refractivity contribution in [2.45, 2.75) is 0 Å². The highest BCUT2D eigenvalue weighted by atomic mass is 16.5. The summed E-state index contributed by atoms with van der Waals surface area (Å²) in [5.41, 5.74) is 2.93. The molecule has 1 nitrogen and oxygen atoms in total. The fraction of sp³-hybridized carbons (Fsp3) is 0.0667. The standard InChI is InChI=1S/C15H13O/c1-12(13-8-4-3-5-9-13)14-10-6-7-11-15(14)16-2/h3-8,10-11H,1H2,2H3. The zero-order chi connectivity index (χ0) is 11.4. The van der Waals surface area contributed by atoms with Crippen molar-refractivity contribution in [3.8, 4) is 5.75 Å². The van der Waals surface area contributed by atoms with Crippen LogP contribution in [-0.4, -0.2) is 7.11 Å². The molecule has 0 aliphatic heterocycles. The molecule has 0 aliphatic carbocycles. The summed E-state index contributed by atoms with van der Waals surface area (Å²) in [6.07, 6.45) is 0. The second-order valence-electron chi connectivity index (χ2n) is 3.46. The molecule has 79 valence electrons. The highest BCUT2D eigenvalue weighted by Gasteiger charge is 2.07. The van der Waals surface area contributed by atoms with Crippen molar-refractivity contribution >= 4 is 5.57 Å². The van der Waals surface area contributed by atoms with Crippen LogP contribution in [0, 0.1) is 6.07 Å². The Bertz CT molecular complexity index is 486. The van der Waals surface area contributed by atoms with Crippen LogP contribution in [0.1, 0.15) is 11.1 Å². The number of benzene rings is 2. The molecule has 0 N–H and O–H groups in total. The largest absolute Gasteiger partial charge is 0.496 e. The minimum Gasteiger partial charge on any atom is -0.496 e. The molecule has 0 bridgehead atoms. The molecule has 0 atom stereocenters. The van der Waals surface area contributed by atoms with Crippen molar-refractivity contribution in [2.24, 2.45) is 0 Å². The van der Waals surface area contributed by atoms with Crippen LogP contribution >= 0.6 is 0 Å². The summed E-state index contributed by atoms with van der Waals surface area (Å²) in [5, 5.41) is 0. The van der Waals surface area contributed by atoms with Gasteiger partial charge in [0, 0.05) is 5.56 Å². The van der Waals surface area contributed by atoms with Gasteiger partial charge in [0.2, 0.25) is 0 Å². The normalized spacial score (nSPS) is 9.81. The van der Waals surface area contributed by atoms with Crippen molar-refractivity contribution < 1.29 is 4.74 Å². The molecule has 16 heavy (non-hydrogen) atoms. The Labute approximate surface area is 96.0 Å². The number of hydrogen-bond acceptors (Lipinski definition) is 1. The smallest absolute Gasteiger partial charge is 0.126 e. The first-order chi connectivity index (χ1) is 7.83. The van der Waals surface area contributed by atoms with Gasteiger partial charge in [-0.2, -0.15) is 0 Å². The second kappa shape index (κ2) is 4.67. The van der Waals surface area contributed by atoms with E-state index in [1.54, 1.807) is 7.11 Å². The monoisotopic (exact) mass is 209 g/mol.